The maximum atomic E-state index is 4.59. The van der Waals surface area contributed by atoms with E-state index in [1.807, 2.05) is 24.1 Å². The van der Waals surface area contributed by atoms with Crippen molar-refractivity contribution in [3.8, 4) is 0 Å². The normalized spacial score (nSPS) is 12.3. The predicted octanol–water partition coefficient (Wildman–Crippen LogP) is 3.21. The zero-order chi connectivity index (χ0) is 14.3. The number of rotatable bonds is 8. The first-order valence-electron chi connectivity index (χ1n) is 6.51. The fraction of sp³-hybridized carbons (Fsp3) is 0.692. The van der Waals surface area contributed by atoms with Crippen LogP contribution in [0.1, 0.15) is 20.3 Å². The number of hydrogen-bond acceptors (Lipinski definition) is 6. The first-order chi connectivity index (χ1) is 9.12. The molecule has 1 N–H and O–H groups in total. The van der Waals surface area contributed by atoms with E-state index in [4.69, 9.17) is 0 Å². The summed E-state index contributed by atoms with van der Waals surface area (Å²) in [5.41, 5.74) is 0. The second-order valence-corrected chi connectivity index (χ2v) is 6.13. The topological polar surface area (TPSA) is 41.0 Å². The Morgan fingerprint density at radius 3 is 2.68 bits per heavy atom. The van der Waals surface area contributed by atoms with Gasteiger partial charge in [0, 0.05) is 25.7 Å². The molecule has 0 saturated heterocycles. The average Bonchev–Trinajstić information content (AvgIpc) is 2.43. The van der Waals surface area contributed by atoms with Crippen molar-refractivity contribution in [2.24, 2.45) is 0 Å². The van der Waals surface area contributed by atoms with Crippen LogP contribution in [0.3, 0.4) is 0 Å². The Labute approximate surface area is 125 Å². The van der Waals surface area contributed by atoms with E-state index in [2.05, 4.69) is 47.3 Å². The quantitative estimate of drug-likeness (QED) is 0.587. The van der Waals surface area contributed by atoms with E-state index in [1.165, 1.54) is 5.75 Å². The van der Waals surface area contributed by atoms with Gasteiger partial charge in [-0.2, -0.15) is 11.8 Å². The SMILES string of the molecule is CCNc1cc(N(C)C(C)CCSC)nc(SC)n1. The Kier molecular flexibility index (Phi) is 7.38. The molecule has 4 nitrogen and oxygen atoms in total. The maximum absolute atomic E-state index is 4.59. The van der Waals surface area contributed by atoms with Gasteiger partial charge in [0.1, 0.15) is 11.6 Å². The zero-order valence-electron chi connectivity index (χ0n) is 12.4. The average molecular weight is 300 g/mol. The van der Waals surface area contributed by atoms with Crippen molar-refractivity contribution in [2.75, 3.05) is 42.1 Å². The van der Waals surface area contributed by atoms with Crippen molar-refractivity contribution >= 4 is 35.2 Å². The molecule has 0 aliphatic heterocycles. The lowest BCUT2D eigenvalue weighted by Gasteiger charge is -2.26. The van der Waals surface area contributed by atoms with E-state index in [9.17, 15) is 0 Å². The molecule has 0 spiro atoms. The summed E-state index contributed by atoms with van der Waals surface area (Å²) in [7, 11) is 2.10. The summed E-state index contributed by atoms with van der Waals surface area (Å²) in [5.74, 6) is 3.07. The predicted molar refractivity (Wildman–Crippen MR) is 88.8 cm³/mol. The molecule has 0 radical (unpaired) electrons. The van der Waals surface area contributed by atoms with Crippen LogP contribution in [0.15, 0.2) is 11.2 Å². The lowest BCUT2D eigenvalue weighted by molar-refractivity contribution is 0.657. The molecule has 0 fully saturated rings. The summed E-state index contributed by atoms with van der Waals surface area (Å²) in [4.78, 5) is 11.3. The van der Waals surface area contributed by atoms with Crippen LogP contribution in [0, 0.1) is 0 Å². The minimum absolute atomic E-state index is 0.478. The molecule has 1 atom stereocenters. The van der Waals surface area contributed by atoms with Crippen molar-refractivity contribution in [2.45, 2.75) is 31.5 Å². The summed E-state index contributed by atoms with van der Waals surface area (Å²) in [6.07, 6.45) is 5.31. The van der Waals surface area contributed by atoms with Gasteiger partial charge < -0.3 is 10.2 Å². The molecule has 1 unspecified atom stereocenters. The molecule has 1 aromatic heterocycles. The highest BCUT2D eigenvalue weighted by molar-refractivity contribution is 7.98. The van der Waals surface area contributed by atoms with Gasteiger partial charge in [0.2, 0.25) is 0 Å². The van der Waals surface area contributed by atoms with Crippen LogP contribution in [-0.2, 0) is 0 Å². The number of hydrogen-bond donors (Lipinski definition) is 1. The lowest BCUT2D eigenvalue weighted by atomic mass is 10.2. The number of thioether (sulfide) groups is 2. The summed E-state index contributed by atoms with van der Waals surface area (Å²) in [5, 5.41) is 4.08. The van der Waals surface area contributed by atoms with Gasteiger partial charge in [-0.1, -0.05) is 11.8 Å². The molecule has 6 heteroatoms. The molecule has 1 aromatic rings. The summed E-state index contributed by atoms with van der Waals surface area (Å²) in [6, 6.07) is 2.50. The van der Waals surface area contributed by atoms with E-state index in [0.717, 1.165) is 29.8 Å². The Bertz CT molecular complexity index is 387. The molecule has 1 rings (SSSR count). The van der Waals surface area contributed by atoms with Gasteiger partial charge in [0.05, 0.1) is 0 Å². The van der Waals surface area contributed by atoms with Crippen molar-refractivity contribution in [1.29, 1.82) is 0 Å². The third-order valence-electron chi connectivity index (χ3n) is 2.99. The van der Waals surface area contributed by atoms with Crippen molar-refractivity contribution in [3.05, 3.63) is 6.07 Å². The van der Waals surface area contributed by atoms with Gasteiger partial charge in [-0.25, -0.2) is 9.97 Å². The van der Waals surface area contributed by atoms with E-state index in [0.29, 0.717) is 6.04 Å². The van der Waals surface area contributed by atoms with E-state index in [1.54, 1.807) is 11.8 Å². The molecule has 0 aliphatic rings. The Morgan fingerprint density at radius 2 is 2.11 bits per heavy atom. The van der Waals surface area contributed by atoms with Gasteiger partial charge in [-0.3, -0.25) is 0 Å². The smallest absolute Gasteiger partial charge is 0.191 e. The summed E-state index contributed by atoms with van der Waals surface area (Å²) < 4.78 is 0. The van der Waals surface area contributed by atoms with E-state index in [-0.39, 0.29) is 0 Å². The molecule has 0 aromatic carbocycles. The lowest BCUT2D eigenvalue weighted by Crippen LogP contribution is -2.30. The zero-order valence-corrected chi connectivity index (χ0v) is 14.1. The highest BCUT2D eigenvalue weighted by atomic mass is 32.2. The van der Waals surface area contributed by atoms with Crippen LogP contribution in [0.2, 0.25) is 0 Å². The monoisotopic (exact) mass is 300 g/mol. The van der Waals surface area contributed by atoms with E-state index >= 15 is 0 Å². The van der Waals surface area contributed by atoms with Crippen LogP contribution >= 0.6 is 23.5 Å². The van der Waals surface area contributed by atoms with Crippen LogP contribution in [-0.4, -0.2) is 47.9 Å². The van der Waals surface area contributed by atoms with Crippen LogP contribution < -0.4 is 10.2 Å². The van der Waals surface area contributed by atoms with Gasteiger partial charge in [0.15, 0.2) is 5.16 Å². The summed E-state index contributed by atoms with van der Waals surface area (Å²) >= 11 is 3.46. The molecular weight excluding hydrogens is 276 g/mol. The molecule has 108 valence electrons. The minimum atomic E-state index is 0.478. The standard InChI is InChI=1S/C13H24N4S2/c1-6-14-11-9-12(16-13(15-11)19-5)17(3)10(2)7-8-18-4/h9-10H,6-8H2,1-5H3,(H,14,15,16). The molecular formula is C13H24N4S2. The first kappa shape index (κ1) is 16.4. The number of nitrogens with one attached hydrogen (secondary N) is 1. The third-order valence-corrected chi connectivity index (χ3v) is 4.19. The number of anilines is 2. The highest BCUT2D eigenvalue weighted by Crippen LogP contribution is 2.22. The second-order valence-electron chi connectivity index (χ2n) is 4.37. The third kappa shape index (κ3) is 5.10. The number of nitrogens with zero attached hydrogens (tertiary/aromatic N) is 3. The molecule has 1 heterocycles. The largest absolute Gasteiger partial charge is 0.370 e. The van der Waals surface area contributed by atoms with Gasteiger partial charge >= 0.3 is 0 Å². The first-order valence-corrected chi connectivity index (χ1v) is 9.12. The molecule has 0 aliphatic carbocycles. The van der Waals surface area contributed by atoms with Gasteiger partial charge in [-0.15, -0.1) is 0 Å². The molecule has 0 bridgehead atoms. The van der Waals surface area contributed by atoms with Gasteiger partial charge in [-0.05, 0) is 38.5 Å². The second kappa shape index (κ2) is 8.53. The van der Waals surface area contributed by atoms with Crippen LogP contribution in [0.5, 0.6) is 0 Å². The van der Waals surface area contributed by atoms with Crippen molar-refractivity contribution < 1.29 is 0 Å². The Balaban J connectivity index is 2.87. The fourth-order valence-electron chi connectivity index (χ4n) is 1.66. The molecule has 19 heavy (non-hydrogen) atoms. The Hall–Kier alpha value is -0.620. The highest BCUT2D eigenvalue weighted by Gasteiger charge is 2.13. The van der Waals surface area contributed by atoms with Crippen LogP contribution in [0.25, 0.3) is 0 Å². The van der Waals surface area contributed by atoms with Gasteiger partial charge in [0.25, 0.3) is 0 Å². The van der Waals surface area contributed by atoms with Crippen molar-refractivity contribution in [1.82, 2.24) is 9.97 Å². The maximum Gasteiger partial charge on any atom is 0.191 e. The Morgan fingerprint density at radius 1 is 1.37 bits per heavy atom. The number of aromatic nitrogens is 2. The van der Waals surface area contributed by atoms with E-state index < -0.39 is 0 Å². The minimum Gasteiger partial charge on any atom is -0.370 e. The molecule has 0 saturated carbocycles. The van der Waals surface area contributed by atoms with Crippen LogP contribution in [0.4, 0.5) is 11.6 Å². The molecule has 0 amide bonds. The van der Waals surface area contributed by atoms with Crippen molar-refractivity contribution in [3.63, 3.8) is 0 Å². The fourth-order valence-corrected chi connectivity index (χ4v) is 2.62. The summed E-state index contributed by atoms with van der Waals surface area (Å²) in [6.45, 7) is 5.19.